The molecule has 0 aliphatic heterocycles. The molecule has 0 aliphatic carbocycles. The van der Waals surface area contributed by atoms with Crippen molar-refractivity contribution in [1.29, 1.82) is 0 Å². The number of carbonyl (C=O) groups excluding carboxylic acids is 1. The number of imidazole rings is 1. The highest BCUT2D eigenvalue weighted by Crippen LogP contribution is 2.25. The number of nitrogens with zero attached hydrogens (tertiary/aromatic N) is 5. The summed E-state index contributed by atoms with van der Waals surface area (Å²) in [6, 6.07) is 15.3. The first kappa shape index (κ1) is 22.6. The second-order valence-corrected chi connectivity index (χ2v) is 8.68. The maximum Gasteiger partial charge on any atom is 0.221 e. The fraction of sp³-hybridized carbons (Fsp3) is 0.259. The number of hydrogen-bond acceptors (Lipinski definition) is 5. The van der Waals surface area contributed by atoms with Crippen molar-refractivity contribution in [2.24, 2.45) is 7.05 Å². The van der Waals surface area contributed by atoms with Crippen LogP contribution in [0, 0.1) is 13.8 Å². The van der Waals surface area contributed by atoms with Crippen LogP contribution in [0.25, 0.3) is 16.6 Å². The van der Waals surface area contributed by atoms with Crippen LogP contribution in [0.2, 0.25) is 0 Å². The standard InChI is InChI=1S/C27H28N6O2/c1-17-21(18(2)33-26(29-17)22-7-5-6-8-23(22)31-33)13-14-24(34)30-25(27-28-15-16-32(27)3)19-9-11-20(35-4)12-10-19/h5-12,15-16,25H,13-14H2,1-4H3,(H,30,34). The van der Waals surface area contributed by atoms with Gasteiger partial charge in [-0.15, -0.1) is 0 Å². The molecule has 5 aromatic rings. The van der Waals surface area contributed by atoms with Crippen LogP contribution in [0.3, 0.4) is 0 Å². The highest BCUT2D eigenvalue weighted by Gasteiger charge is 2.22. The van der Waals surface area contributed by atoms with Crippen molar-refractivity contribution in [3.8, 4) is 5.75 Å². The average Bonchev–Trinajstić information content (AvgIpc) is 3.46. The van der Waals surface area contributed by atoms with Crippen LogP contribution in [0.1, 0.15) is 40.8 Å². The average molecular weight is 469 g/mol. The first-order valence-electron chi connectivity index (χ1n) is 11.6. The van der Waals surface area contributed by atoms with Gasteiger partial charge in [0.05, 0.1) is 12.6 Å². The second-order valence-electron chi connectivity index (χ2n) is 8.68. The van der Waals surface area contributed by atoms with Gasteiger partial charge in [-0.2, -0.15) is 5.10 Å². The Morgan fingerprint density at radius 2 is 1.89 bits per heavy atom. The highest BCUT2D eigenvalue weighted by molar-refractivity contribution is 5.92. The van der Waals surface area contributed by atoms with Gasteiger partial charge in [0.25, 0.3) is 0 Å². The van der Waals surface area contributed by atoms with Crippen molar-refractivity contribution < 1.29 is 9.53 Å². The molecule has 178 valence electrons. The minimum Gasteiger partial charge on any atom is -0.497 e. The molecule has 0 spiro atoms. The fourth-order valence-corrected chi connectivity index (χ4v) is 4.56. The lowest BCUT2D eigenvalue weighted by molar-refractivity contribution is -0.121. The van der Waals surface area contributed by atoms with Crippen LogP contribution >= 0.6 is 0 Å². The van der Waals surface area contributed by atoms with Crippen molar-refractivity contribution >= 4 is 22.5 Å². The number of ether oxygens (including phenoxy) is 1. The number of methoxy groups -OCH3 is 1. The number of rotatable bonds is 7. The van der Waals surface area contributed by atoms with E-state index in [9.17, 15) is 4.79 Å². The molecule has 3 aromatic heterocycles. The van der Waals surface area contributed by atoms with E-state index in [1.165, 1.54) is 0 Å². The Kier molecular flexibility index (Phi) is 5.94. The van der Waals surface area contributed by atoms with Gasteiger partial charge in [-0.25, -0.2) is 14.5 Å². The summed E-state index contributed by atoms with van der Waals surface area (Å²) >= 11 is 0. The summed E-state index contributed by atoms with van der Waals surface area (Å²) in [5, 5.41) is 8.93. The minimum absolute atomic E-state index is 0.0571. The van der Waals surface area contributed by atoms with Gasteiger partial charge in [0.2, 0.25) is 5.91 Å². The van der Waals surface area contributed by atoms with E-state index in [2.05, 4.69) is 10.3 Å². The molecule has 1 atom stereocenters. The van der Waals surface area contributed by atoms with Crippen molar-refractivity contribution in [3.63, 3.8) is 0 Å². The summed E-state index contributed by atoms with van der Waals surface area (Å²) < 4.78 is 9.09. The molecular weight excluding hydrogens is 440 g/mol. The third-order valence-electron chi connectivity index (χ3n) is 6.49. The number of fused-ring (bicyclic) bond motifs is 3. The molecule has 5 rings (SSSR count). The Bertz CT molecular complexity index is 1520. The first-order valence-corrected chi connectivity index (χ1v) is 11.6. The molecule has 3 heterocycles. The Labute approximate surface area is 203 Å². The molecule has 35 heavy (non-hydrogen) atoms. The minimum atomic E-state index is -0.368. The molecule has 8 heteroatoms. The maximum atomic E-state index is 13.1. The largest absolute Gasteiger partial charge is 0.497 e. The van der Waals surface area contributed by atoms with Gasteiger partial charge in [0.1, 0.15) is 17.6 Å². The molecule has 1 unspecified atom stereocenters. The third-order valence-corrected chi connectivity index (χ3v) is 6.49. The molecule has 0 aliphatic rings. The lowest BCUT2D eigenvalue weighted by Gasteiger charge is -2.20. The molecule has 8 nitrogen and oxygen atoms in total. The summed E-state index contributed by atoms with van der Waals surface area (Å²) in [5.74, 6) is 1.47. The maximum absolute atomic E-state index is 13.1. The first-order chi connectivity index (χ1) is 17.0. The smallest absolute Gasteiger partial charge is 0.221 e. The third kappa shape index (κ3) is 4.23. The van der Waals surface area contributed by atoms with Crippen LogP contribution in [0.15, 0.2) is 60.9 Å². The van der Waals surface area contributed by atoms with Crippen molar-refractivity contribution in [2.75, 3.05) is 7.11 Å². The van der Waals surface area contributed by atoms with Crippen LogP contribution in [-0.4, -0.2) is 37.2 Å². The molecule has 0 radical (unpaired) electrons. The monoisotopic (exact) mass is 468 g/mol. The molecule has 0 fully saturated rings. The van der Waals surface area contributed by atoms with Crippen LogP contribution in [0.4, 0.5) is 0 Å². The van der Waals surface area contributed by atoms with E-state index in [0.29, 0.717) is 12.8 Å². The van der Waals surface area contributed by atoms with Gasteiger partial charge in [-0.1, -0.05) is 24.3 Å². The van der Waals surface area contributed by atoms with Gasteiger partial charge < -0.3 is 14.6 Å². The SMILES string of the molecule is COc1ccc(C(NC(=O)CCc2c(C)nc3c4ccccc4nn3c2C)c2nccn2C)cc1. The molecule has 1 amide bonds. The molecule has 2 aromatic carbocycles. The molecule has 0 bridgehead atoms. The summed E-state index contributed by atoms with van der Waals surface area (Å²) in [5.41, 5.74) is 5.66. The number of aromatic nitrogens is 5. The van der Waals surface area contributed by atoms with Crippen LogP contribution in [-0.2, 0) is 18.3 Å². The van der Waals surface area contributed by atoms with Crippen LogP contribution in [0.5, 0.6) is 5.75 Å². The summed E-state index contributed by atoms with van der Waals surface area (Å²) in [6.07, 6.45) is 4.50. The number of hydrogen-bond donors (Lipinski definition) is 1. The van der Waals surface area contributed by atoms with Gasteiger partial charge in [-0.05, 0) is 55.7 Å². The molecule has 0 saturated heterocycles. The number of carbonyl (C=O) groups is 1. The van der Waals surface area contributed by atoms with Gasteiger partial charge in [0.15, 0.2) is 5.65 Å². The zero-order valence-corrected chi connectivity index (χ0v) is 20.3. The topological polar surface area (TPSA) is 86.3 Å². The quantitative estimate of drug-likeness (QED) is 0.389. The van der Waals surface area contributed by atoms with Crippen molar-refractivity contribution in [1.82, 2.24) is 29.5 Å². The fourth-order valence-electron chi connectivity index (χ4n) is 4.56. The Morgan fingerprint density at radius 3 is 2.60 bits per heavy atom. The predicted molar refractivity (Wildman–Crippen MR) is 134 cm³/mol. The highest BCUT2D eigenvalue weighted by atomic mass is 16.5. The van der Waals surface area contributed by atoms with E-state index in [-0.39, 0.29) is 11.9 Å². The molecule has 1 N–H and O–H groups in total. The number of benzene rings is 2. The van der Waals surface area contributed by atoms with Gasteiger partial charge >= 0.3 is 0 Å². The summed E-state index contributed by atoms with van der Waals surface area (Å²) in [6.45, 7) is 4.03. The summed E-state index contributed by atoms with van der Waals surface area (Å²) in [7, 11) is 3.56. The Balaban J connectivity index is 1.38. The number of nitrogens with one attached hydrogen (secondary N) is 1. The normalized spacial score (nSPS) is 12.2. The number of amides is 1. The Morgan fingerprint density at radius 1 is 1.11 bits per heavy atom. The molecular formula is C27H28N6O2. The van der Waals surface area contributed by atoms with Gasteiger partial charge in [0, 0.05) is 42.6 Å². The lowest BCUT2D eigenvalue weighted by atomic mass is 10.0. The Hall–Kier alpha value is -4.20. The predicted octanol–water partition coefficient (Wildman–Crippen LogP) is 4.08. The van der Waals surface area contributed by atoms with Crippen molar-refractivity contribution in [2.45, 2.75) is 32.7 Å². The second kappa shape index (κ2) is 9.21. The molecule has 0 saturated carbocycles. The van der Waals surface area contributed by atoms with E-state index in [4.69, 9.17) is 14.8 Å². The van der Waals surface area contributed by atoms with Crippen molar-refractivity contribution in [3.05, 3.63) is 89.3 Å². The van der Waals surface area contributed by atoms with E-state index >= 15 is 0 Å². The van der Waals surface area contributed by atoms with E-state index in [1.807, 2.05) is 84.7 Å². The zero-order chi connectivity index (χ0) is 24.5. The summed E-state index contributed by atoms with van der Waals surface area (Å²) in [4.78, 5) is 22.4. The number of aryl methyl sites for hydroxylation is 3. The zero-order valence-electron chi connectivity index (χ0n) is 20.3. The lowest BCUT2D eigenvalue weighted by Crippen LogP contribution is -2.31. The van der Waals surface area contributed by atoms with E-state index in [1.54, 1.807) is 13.3 Å². The van der Waals surface area contributed by atoms with E-state index in [0.717, 1.165) is 50.6 Å². The van der Waals surface area contributed by atoms with E-state index < -0.39 is 0 Å². The van der Waals surface area contributed by atoms with Gasteiger partial charge in [-0.3, -0.25) is 4.79 Å². The van der Waals surface area contributed by atoms with Crippen LogP contribution < -0.4 is 10.1 Å².